The zero-order valence-electron chi connectivity index (χ0n) is 12.1. The van der Waals surface area contributed by atoms with E-state index in [-0.39, 0.29) is 0 Å². The predicted octanol–water partition coefficient (Wildman–Crippen LogP) is 2.63. The lowest BCUT2D eigenvalue weighted by atomic mass is 9.86. The minimum absolute atomic E-state index is 0.407. The fourth-order valence-corrected chi connectivity index (χ4v) is 4.13. The molecular weight excluding hydrogens is 248 g/mol. The summed E-state index contributed by atoms with van der Waals surface area (Å²) in [5.74, 6) is 0. The molecule has 0 aromatic carbocycles. The van der Waals surface area contributed by atoms with Gasteiger partial charge >= 0.3 is 0 Å². The maximum atomic E-state index is 4.41. The molecule has 1 N–H and O–H groups in total. The van der Waals surface area contributed by atoms with Crippen LogP contribution in [0.3, 0.4) is 0 Å². The quantitative estimate of drug-likeness (QED) is 0.865. The van der Waals surface area contributed by atoms with Crippen LogP contribution < -0.4 is 4.90 Å². The molecule has 0 amide bonds. The number of piperidine rings is 1. The molecule has 2 fully saturated rings. The van der Waals surface area contributed by atoms with Gasteiger partial charge in [0.25, 0.3) is 0 Å². The van der Waals surface area contributed by atoms with E-state index >= 15 is 0 Å². The van der Waals surface area contributed by atoms with Gasteiger partial charge in [-0.1, -0.05) is 0 Å². The van der Waals surface area contributed by atoms with E-state index in [4.69, 9.17) is 0 Å². The number of likely N-dealkylation sites (tertiary alicyclic amines) is 1. The van der Waals surface area contributed by atoms with Gasteiger partial charge < -0.3 is 9.88 Å². The smallest absolute Gasteiger partial charge is 0.139 e. The van der Waals surface area contributed by atoms with E-state index in [1.54, 1.807) is 0 Å². The van der Waals surface area contributed by atoms with Crippen molar-refractivity contribution in [1.82, 2.24) is 14.9 Å². The number of likely N-dealkylation sites (N-methyl/N-ethyl adjacent to an activating group) is 1. The molecule has 0 radical (unpaired) electrons. The summed E-state index contributed by atoms with van der Waals surface area (Å²) >= 11 is 0. The van der Waals surface area contributed by atoms with Crippen molar-refractivity contribution in [3.63, 3.8) is 0 Å². The third-order valence-electron chi connectivity index (χ3n) is 5.28. The highest BCUT2D eigenvalue weighted by Gasteiger charge is 2.42. The Morgan fingerprint density at radius 2 is 2.05 bits per heavy atom. The minimum Gasteiger partial charge on any atom is -0.369 e. The lowest BCUT2D eigenvalue weighted by Gasteiger charge is -2.45. The first-order valence-corrected chi connectivity index (χ1v) is 7.67. The third-order valence-corrected chi connectivity index (χ3v) is 5.28. The summed E-state index contributed by atoms with van der Waals surface area (Å²) < 4.78 is 0. The second-order valence-corrected chi connectivity index (χ2v) is 6.34. The van der Waals surface area contributed by atoms with Gasteiger partial charge in [0, 0.05) is 42.1 Å². The monoisotopic (exact) mass is 270 g/mol. The van der Waals surface area contributed by atoms with Crippen molar-refractivity contribution >= 4 is 16.7 Å². The zero-order chi connectivity index (χ0) is 13.6. The van der Waals surface area contributed by atoms with Gasteiger partial charge in [-0.25, -0.2) is 4.98 Å². The Morgan fingerprint density at radius 1 is 1.20 bits per heavy atom. The fourth-order valence-electron chi connectivity index (χ4n) is 4.13. The highest BCUT2D eigenvalue weighted by Crippen LogP contribution is 2.38. The summed E-state index contributed by atoms with van der Waals surface area (Å²) in [6, 6.07) is 4.32. The summed E-state index contributed by atoms with van der Waals surface area (Å²) in [6.07, 6.45) is 9.25. The Kier molecular flexibility index (Phi) is 2.74. The number of aromatic amines is 1. The van der Waals surface area contributed by atoms with Gasteiger partial charge in [-0.15, -0.1) is 0 Å². The van der Waals surface area contributed by atoms with Crippen LogP contribution in [0.1, 0.15) is 25.7 Å². The standard InChI is InChI=1S/C16H22N4/c1-19-10-2-6-16(19)7-3-11-20(12-16)14-5-9-18-15-13(14)4-8-17-15/h4-5,8-9H,2-3,6-7,10-12H2,1H3,(H,17,18). The number of hydrogen-bond donors (Lipinski definition) is 1. The first kappa shape index (κ1) is 12.2. The fraction of sp³-hybridized carbons (Fsp3) is 0.562. The van der Waals surface area contributed by atoms with Crippen molar-refractivity contribution in [2.24, 2.45) is 0 Å². The van der Waals surface area contributed by atoms with Crippen LogP contribution in [0.15, 0.2) is 24.5 Å². The van der Waals surface area contributed by atoms with Gasteiger partial charge in [0.05, 0.1) is 0 Å². The number of anilines is 1. The van der Waals surface area contributed by atoms with Crippen LogP contribution in [0.25, 0.3) is 11.0 Å². The van der Waals surface area contributed by atoms with E-state index in [1.165, 1.54) is 49.8 Å². The highest BCUT2D eigenvalue weighted by atomic mass is 15.3. The molecule has 106 valence electrons. The molecule has 1 spiro atoms. The number of rotatable bonds is 1. The molecule has 2 aliphatic heterocycles. The SMILES string of the molecule is CN1CCCC12CCCN(c1ccnc3[nH]ccc13)C2. The Bertz CT molecular complexity index is 620. The molecule has 1 unspecified atom stereocenters. The average molecular weight is 270 g/mol. The summed E-state index contributed by atoms with van der Waals surface area (Å²) in [7, 11) is 2.30. The topological polar surface area (TPSA) is 35.2 Å². The van der Waals surface area contributed by atoms with Gasteiger partial charge in [-0.3, -0.25) is 4.90 Å². The van der Waals surface area contributed by atoms with Gasteiger partial charge in [-0.05, 0) is 51.4 Å². The van der Waals surface area contributed by atoms with E-state index in [1.807, 2.05) is 12.4 Å². The maximum Gasteiger partial charge on any atom is 0.139 e. The Morgan fingerprint density at radius 3 is 2.90 bits per heavy atom. The Labute approximate surface area is 119 Å². The lowest BCUT2D eigenvalue weighted by Crippen LogP contribution is -2.54. The molecule has 2 aromatic heterocycles. The van der Waals surface area contributed by atoms with Gasteiger partial charge in [0.1, 0.15) is 5.65 Å². The minimum atomic E-state index is 0.407. The number of nitrogens with one attached hydrogen (secondary N) is 1. The van der Waals surface area contributed by atoms with Gasteiger partial charge in [0.2, 0.25) is 0 Å². The van der Waals surface area contributed by atoms with Crippen LogP contribution in [0.4, 0.5) is 5.69 Å². The molecule has 4 heterocycles. The van der Waals surface area contributed by atoms with Crippen LogP contribution in [-0.4, -0.2) is 47.1 Å². The summed E-state index contributed by atoms with van der Waals surface area (Å²) in [4.78, 5) is 12.8. The molecule has 0 saturated carbocycles. The van der Waals surface area contributed by atoms with Crippen LogP contribution in [0, 0.1) is 0 Å². The maximum absolute atomic E-state index is 4.41. The number of H-pyrrole nitrogens is 1. The largest absolute Gasteiger partial charge is 0.369 e. The molecule has 20 heavy (non-hydrogen) atoms. The van der Waals surface area contributed by atoms with Crippen LogP contribution in [-0.2, 0) is 0 Å². The van der Waals surface area contributed by atoms with Crippen molar-refractivity contribution in [1.29, 1.82) is 0 Å². The molecule has 2 aliphatic rings. The lowest BCUT2D eigenvalue weighted by molar-refractivity contribution is 0.147. The van der Waals surface area contributed by atoms with Crippen molar-refractivity contribution in [3.05, 3.63) is 24.5 Å². The Hall–Kier alpha value is -1.55. The van der Waals surface area contributed by atoms with E-state index in [9.17, 15) is 0 Å². The molecule has 1 atom stereocenters. The van der Waals surface area contributed by atoms with Crippen LogP contribution in [0.2, 0.25) is 0 Å². The van der Waals surface area contributed by atoms with Crippen molar-refractivity contribution in [3.8, 4) is 0 Å². The van der Waals surface area contributed by atoms with E-state index in [2.05, 4.69) is 38.9 Å². The van der Waals surface area contributed by atoms with Crippen molar-refractivity contribution in [2.45, 2.75) is 31.2 Å². The molecule has 4 nitrogen and oxygen atoms in total. The van der Waals surface area contributed by atoms with Gasteiger partial charge in [0.15, 0.2) is 0 Å². The number of hydrogen-bond acceptors (Lipinski definition) is 3. The summed E-state index contributed by atoms with van der Waals surface area (Å²) in [6.45, 7) is 3.58. The molecular formula is C16H22N4. The predicted molar refractivity (Wildman–Crippen MR) is 82.1 cm³/mol. The first-order chi connectivity index (χ1) is 9.78. The summed E-state index contributed by atoms with van der Waals surface area (Å²) in [5, 5.41) is 1.25. The number of nitrogens with zero attached hydrogens (tertiary/aromatic N) is 3. The number of pyridine rings is 1. The van der Waals surface area contributed by atoms with Crippen LogP contribution in [0.5, 0.6) is 0 Å². The van der Waals surface area contributed by atoms with Crippen molar-refractivity contribution < 1.29 is 0 Å². The first-order valence-electron chi connectivity index (χ1n) is 7.67. The molecule has 2 saturated heterocycles. The Balaban J connectivity index is 1.70. The van der Waals surface area contributed by atoms with E-state index < -0.39 is 0 Å². The number of fused-ring (bicyclic) bond motifs is 1. The normalized spacial score (nSPS) is 27.8. The third kappa shape index (κ3) is 1.74. The summed E-state index contributed by atoms with van der Waals surface area (Å²) in [5.41, 5.74) is 2.75. The van der Waals surface area contributed by atoms with Crippen molar-refractivity contribution in [2.75, 3.05) is 31.6 Å². The molecule has 0 bridgehead atoms. The second kappa shape index (κ2) is 4.48. The molecule has 2 aromatic rings. The second-order valence-electron chi connectivity index (χ2n) is 6.34. The zero-order valence-corrected chi connectivity index (χ0v) is 12.1. The van der Waals surface area contributed by atoms with Gasteiger partial charge in [-0.2, -0.15) is 0 Å². The highest BCUT2D eigenvalue weighted by molar-refractivity contribution is 5.89. The number of aromatic nitrogens is 2. The van der Waals surface area contributed by atoms with E-state index in [0.29, 0.717) is 5.54 Å². The van der Waals surface area contributed by atoms with Crippen LogP contribution >= 0.6 is 0 Å². The average Bonchev–Trinajstić information content (AvgIpc) is 3.07. The molecule has 4 rings (SSSR count). The van der Waals surface area contributed by atoms with E-state index in [0.717, 1.165) is 12.2 Å². The molecule has 0 aliphatic carbocycles. The molecule has 4 heteroatoms.